The number of aliphatic imine (C=N–C) groups is 1. The molecule has 1 aliphatic heterocycles. The number of hydrogen-bond donors (Lipinski definition) is 2. The second-order valence-electron chi connectivity index (χ2n) is 5.16. The summed E-state index contributed by atoms with van der Waals surface area (Å²) in [4.78, 5) is 42.5. The van der Waals surface area contributed by atoms with Gasteiger partial charge in [0.25, 0.3) is 5.91 Å². The molecule has 1 unspecified atom stereocenters. The van der Waals surface area contributed by atoms with Crippen LogP contribution in [-0.2, 0) is 14.6 Å². The Labute approximate surface area is 137 Å². The minimum absolute atomic E-state index is 0.0981. The Bertz CT molecular complexity index is 599. The number of carbonyl (C=O) groups is 2. The number of amides is 1. The average molecular weight is 341 g/mol. The summed E-state index contributed by atoms with van der Waals surface area (Å²) >= 11 is 1.14. The van der Waals surface area contributed by atoms with Gasteiger partial charge in [0.15, 0.2) is 5.96 Å². The van der Waals surface area contributed by atoms with Gasteiger partial charge in [-0.25, -0.2) is 9.78 Å². The van der Waals surface area contributed by atoms with Crippen molar-refractivity contribution in [1.29, 1.82) is 0 Å². The van der Waals surface area contributed by atoms with Crippen molar-refractivity contribution in [2.24, 2.45) is 22.4 Å². The predicted octanol–water partition coefficient (Wildman–Crippen LogP) is 0.395. The standard InChI is InChI=1S/C13H19N5O4S/c1-8(19)22-21-7-9-3-2-4-18(6-9)11(20)10-5-16-13(23-10)17-12(14)15/h5,9H,2-4,6-7H2,1H3,(H4,14,15,16,17). The molecule has 9 nitrogen and oxygen atoms in total. The van der Waals surface area contributed by atoms with E-state index in [2.05, 4.69) is 14.9 Å². The van der Waals surface area contributed by atoms with Crippen LogP contribution in [0.1, 0.15) is 29.4 Å². The van der Waals surface area contributed by atoms with Crippen molar-refractivity contribution in [1.82, 2.24) is 9.88 Å². The van der Waals surface area contributed by atoms with Crippen LogP contribution >= 0.6 is 11.3 Å². The number of thiazole rings is 1. The summed E-state index contributed by atoms with van der Waals surface area (Å²) in [5.41, 5.74) is 10.6. The summed E-state index contributed by atoms with van der Waals surface area (Å²) in [5, 5.41) is 0.347. The number of nitrogens with two attached hydrogens (primary N) is 2. The molecule has 0 radical (unpaired) electrons. The van der Waals surface area contributed by atoms with Crippen LogP contribution in [0.15, 0.2) is 11.2 Å². The number of nitrogens with zero attached hydrogens (tertiary/aromatic N) is 3. The molecule has 2 rings (SSSR count). The maximum absolute atomic E-state index is 12.5. The normalized spacial score (nSPS) is 17.6. The molecule has 0 aliphatic carbocycles. The van der Waals surface area contributed by atoms with E-state index in [9.17, 15) is 9.59 Å². The van der Waals surface area contributed by atoms with Crippen LogP contribution in [-0.4, -0.2) is 47.4 Å². The van der Waals surface area contributed by atoms with Gasteiger partial charge in [-0.1, -0.05) is 11.3 Å². The van der Waals surface area contributed by atoms with E-state index in [1.807, 2.05) is 0 Å². The number of carbonyl (C=O) groups excluding carboxylic acids is 2. The number of hydrogen-bond acceptors (Lipinski definition) is 7. The molecule has 1 aromatic heterocycles. The molecule has 1 amide bonds. The first kappa shape index (κ1) is 17.2. The SMILES string of the molecule is CC(=O)OOCC1CCCN(C(=O)c2cnc(N=C(N)N)s2)C1. The van der Waals surface area contributed by atoms with Gasteiger partial charge in [-0.3, -0.25) is 9.68 Å². The van der Waals surface area contributed by atoms with Crippen LogP contribution in [0.4, 0.5) is 5.13 Å². The molecule has 1 saturated heterocycles. The van der Waals surface area contributed by atoms with Crippen LogP contribution < -0.4 is 11.5 Å². The maximum Gasteiger partial charge on any atom is 0.339 e. The molecule has 1 fully saturated rings. The molecule has 0 aromatic carbocycles. The van der Waals surface area contributed by atoms with Gasteiger partial charge in [-0.15, -0.1) is 0 Å². The van der Waals surface area contributed by atoms with E-state index in [-0.39, 0.29) is 24.4 Å². The van der Waals surface area contributed by atoms with Gasteiger partial charge in [-0.05, 0) is 12.8 Å². The Morgan fingerprint density at radius 1 is 1.52 bits per heavy atom. The van der Waals surface area contributed by atoms with Gasteiger partial charge in [0.1, 0.15) is 4.88 Å². The minimum atomic E-state index is -0.495. The van der Waals surface area contributed by atoms with Crippen molar-refractivity contribution in [2.45, 2.75) is 19.8 Å². The van der Waals surface area contributed by atoms with Crippen LogP contribution in [0, 0.1) is 5.92 Å². The van der Waals surface area contributed by atoms with E-state index >= 15 is 0 Å². The zero-order valence-electron chi connectivity index (χ0n) is 12.7. The number of piperidine rings is 1. The summed E-state index contributed by atoms with van der Waals surface area (Å²) in [6.07, 6.45) is 3.24. The Hall–Kier alpha value is -2.20. The van der Waals surface area contributed by atoms with Crippen molar-refractivity contribution < 1.29 is 19.4 Å². The fraction of sp³-hybridized carbons (Fsp3) is 0.538. The van der Waals surface area contributed by atoms with Gasteiger partial charge < -0.3 is 16.4 Å². The van der Waals surface area contributed by atoms with Crippen molar-refractivity contribution in [3.8, 4) is 0 Å². The molecule has 0 saturated carbocycles. The van der Waals surface area contributed by atoms with Crippen molar-refractivity contribution in [3.05, 3.63) is 11.1 Å². The van der Waals surface area contributed by atoms with Gasteiger partial charge in [-0.2, -0.15) is 9.88 Å². The smallest absolute Gasteiger partial charge is 0.339 e. The zero-order valence-corrected chi connectivity index (χ0v) is 13.5. The van der Waals surface area contributed by atoms with E-state index in [0.717, 1.165) is 24.2 Å². The third-order valence-electron chi connectivity index (χ3n) is 3.22. The number of guanidine groups is 1. The molecule has 1 atom stereocenters. The van der Waals surface area contributed by atoms with Crippen LogP contribution in [0.3, 0.4) is 0 Å². The van der Waals surface area contributed by atoms with Gasteiger partial charge >= 0.3 is 5.97 Å². The molecule has 0 bridgehead atoms. The van der Waals surface area contributed by atoms with E-state index in [1.165, 1.54) is 13.1 Å². The van der Waals surface area contributed by atoms with E-state index in [0.29, 0.717) is 23.1 Å². The highest BCUT2D eigenvalue weighted by Gasteiger charge is 2.26. The van der Waals surface area contributed by atoms with Gasteiger partial charge in [0.2, 0.25) is 5.13 Å². The number of aromatic nitrogens is 1. The summed E-state index contributed by atoms with van der Waals surface area (Å²) in [6.45, 7) is 2.74. The molecule has 4 N–H and O–H groups in total. The summed E-state index contributed by atoms with van der Waals surface area (Å²) < 4.78 is 0. The first-order valence-electron chi connectivity index (χ1n) is 7.10. The summed E-state index contributed by atoms with van der Waals surface area (Å²) in [6, 6.07) is 0. The lowest BCUT2D eigenvalue weighted by Gasteiger charge is -2.31. The largest absolute Gasteiger partial charge is 0.370 e. The van der Waals surface area contributed by atoms with E-state index in [4.69, 9.17) is 16.4 Å². The summed E-state index contributed by atoms with van der Waals surface area (Å²) in [5.74, 6) is -0.585. The third kappa shape index (κ3) is 5.18. The quantitative estimate of drug-likeness (QED) is 0.342. The Balaban J connectivity index is 1.92. The lowest BCUT2D eigenvalue weighted by atomic mass is 9.99. The molecule has 126 valence electrons. The third-order valence-corrected chi connectivity index (χ3v) is 4.09. The Morgan fingerprint density at radius 3 is 3.00 bits per heavy atom. The molecule has 10 heteroatoms. The monoisotopic (exact) mass is 341 g/mol. The van der Waals surface area contributed by atoms with Crippen molar-refractivity contribution in [3.63, 3.8) is 0 Å². The fourth-order valence-electron chi connectivity index (χ4n) is 2.28. The fourth-order valence-corrected chi connectivity index (χ4v) is 3.06. The predicted molar refractivity (Wildman–Crippen MR) is 83.9 cm³/mol. The first-order valence-corrected chi connectivity index (χ1v) is 7.92. The second-order valence-corrected chi connectivity index (χ2v) is 6.17. The summed E-state index contributed by atoms with van der Waals surface area (Å²) in [7, 11) is 0. The molecule has 1 aliphatic rings. The maximum atomic E-state index is 12.5. The highest BCUT2D eigenvalue weighted by molar-refractivity contribution is 7.17. The molecule has 2 heterocycles. The van der Waals surface area contributed by atoms with E-state index < -0.39 is 5.97 Å². The number of rotatable bonds is 5. The topological polar surface area (TPSA) is 133 Å². The lowest BCUT2D eigenvalue weighted by Crippen LogP contribution is -2.41. The lowest BCUT2D eigenvalue weighted by molar-refractivity contribution is -0.277. The highest BCUT2D eigenvalue weighted by atomic mass is 32.1. The van der Waals surface area contributed by atoms with E-state index in [1.54, 1.807) is 4.90 Å². The Morgan fingerprint density at radius 2 is 2.30 bits per heavy atom. The molecule has 1 aromatic rings. The highest BCUT2D eigenvalue weighted by Crippen LogP contribution is 2.25. The second kappa shape index (κ2) is 7.88. The van der Waals surface area contributed by atoms with Gasteiger partial charge in [0.05, 0.1) is 12.8 Å². The number of likely N-dealkylation sites (tertiary alicyclic amines) is 1. The van der Waals surface area contributed by atoms with Crippen molar-refractivity contribution >= 4 is 34.3 Å². The molecule has 23 heavy (non-hydrogen) atoms. The van der Waals surface area contributed by atoms with Crippen LogP contribution in [0.2, 0.25) is 0 Å². The molecular formula is C13H19N5O4S. The van der Waals surface area contributed by atoms with Crippen molar-refractivity contribution in [2.75, 3.05) is 19.7 Å². The minimum Gasteiger partial charge on any atom is -0.370 e. The zero-order chi connectivity index (χ0) is 16.8. The van der Waals surface area contributed by atoms with Gasteiger partial charge in [0, 0.05) is 25.9 Å². The Kier molecular flexibility index (Phi) is 5.88. The van der Waals surface area contributed by atoms with Crippen LogP contribution in [0.5, 0.6) is 0 Å². The van der Waals surface area contributed by atoms with Crippen LogP contribution in [0.25, 0.3) is 0 Å². The first-order chi connectivity index (χ1) is 11.0. The molecule has 0 spiro atoms. The average Bonchev–Trinajstić information content (AvgIpc) is 2.94. The molecular weight excluding hydrogens is 322 g/mol.